The summed E-state index contributed by atoms with van der Waals surface area (Å²) in [7, 11) is 1.54. The zero-order valence-electron chi connectivity index (χ0n) is 15.7. The van der Waals surface area contributed by atoms with E-state index in [0.29, 0.717) is 23.6 Å². The first kappa shape index (κ1) is 23.3. The highest BCUT2D eigenvalue weighted by Crippen LogP contribution is 2.29. The first-order valence-electron chi connectivity index (χ1n) is 8.55. The number of alkyl halides is 3. The number of amides is 1. The molecule has 0 fully saturated rings. The number of ether oxygens (including phenoxy) is 2. The first-order valence-corrected chi connectivity index (χ1v) is 10.1. The number of rotatable bonds is 7. The van der Waals surface area contributed by atoms with Gasteiger partial charge in [0.1, 0.15) is 17.7 Å². The predicted octanol–water partition coefficient (Wildman–Crippen LogP) is 4.51. The van der Waals surface area contributed by atoms with Crippen LogP contribution in [0.2, 0.25) is 0 Å². The van der Waals surface area contributed by atoms with Crippen LogP contribution in [0.1, 0.15) is 17.3 Å². The molecule has 0 radical (unpaired) electrons. The van der Waals surface area contributed by atoms with E-state index < -0.39 is 15.9 Å². The number of hydrogen-bond donors (Lipinski definition) is 3. The van der Waals surface area contributed by atoms with Crippen LogP contribution < -0.4 is 25.4 Å². The first-order chi connectivity index (χ1) is 13.7. The minimum Gasteiger partial charge on any atom is -0.497 e. The van der Waals surface area contributed by atoms with Crippen LogP contribution >= 0.6 is 47.0 Å². The molecule has 0 aliphatic rings. The highest BCUT2D eigenvalue weighted by atomic mass is 35.6. The summed E-state index contributed by atoms with van der Waals surface area (Å²) >= 11 is 23.3. The maximum Gasteiger partial charge on any atom is 0.252 e. The van der Waals surface area contributed by atoms with Crippen LogP contribution in [0, 0.1) is 0 Å². The average Bonchev–Trinajstić information content (AvgIpc) is 2.68. The number of carbonyl (C=O) groups excluding carboxylic acids is 1. The standard InChI is InChI=1S/C19H20Cl3N3O3S/c1-3-28-15-10-6-13(7-11-15)23-18(29)25-17(19(20,21)22)24-16(26)12-4-8-14(27-2)9-5-12/h4-11,17H,3H2,1-2H3,(H,24,26)(H2,23,25,29). The maximum absolute atomic E-state index is 12.5. The van der Waals surface area contributed by atoms with Gasteiger partial charge in [-0.2, -0.15) is 0 Å². The second-order valence-corrected chi connectivity index (χ2v) is 8.51. The van der Waals surface area contributed by atoms with E-state index in [1.165, 1.54) is 7.11 Å². The lowest BCUT2D eigenvalue weighted by Gasteiger charge is -2.27. The molecule has 0 aliphatic heterocycles. The Bertz CT molecular complexity index is 827. The van der Waals surface area contributed by atoms with E-state index in [4.69, 9.17) is 56.5 Å². The van der Waals surface area contributed by atoms with Gasteiger partial charge in [0, 0.05) is 11.3 Å². The molecule has 1 unspecified atom stereocenters. The lowest BCUT2D eigenvalue weighted by atomic mass is 10.2. The fourth-order valence-electron chi connectivity index (χ4n) is 2.26. The van der Waals surface area contributed by atoms with E-state index in [1.807, 2.05) is 6.92 Å². The molecule has 6 nitrogen and oxygen atoms in total. The van der Waals surface area contributed by atoms with Crippen LogP contribution in [-0.4, -0.2) is 34.7 Å². The number of carbonyl (C=O) groups is 1. The predicted molar refractivity (Wildman–Crippen MR) is 122 cm³/mol. The normalized spacial score (nSPS) is 11.9. The molecule has 156 valence electrons. The largest absolute Gasteiger partial charge is 0.497 e. The molecule has 1 atom stereocenters. The van der Waals surface area contributed by atoms with Gasteiger partial charge in [-0.1, -0.05) is 34.8 Å². The third-order valence-corrected chi connectivity index (χ3v) is 4.53. The third kappa shape index (κ3) is 7.44. The molecule has 2 aromatic rings. The van der Waals surface area contributed by atoms with Gasteiger partial charge in [0.05, 0.1) is 13.7 Å². The Balaban J connectivity index is 2.01. The SMILES string of the molecule is CCOc1ccc(NC(=S)NC(NC(=O)c2ccc(OC)cc2)C(Cl)(Cl)Cl)cc1. The van der Waals surface area contributed by atoms with Crippen molar-refractivity contribution in [2.24, 2.45) is 0 Å². The Morgan fingerprint density at radius 2 is 1.62 bits per heavy atom. The van der Waals surface area contributed by atoms with Gasteiger partial charge in [-0.3, -0.25) is 4.79 Å². The van der Waals surface area contributed by atoms with E-state index in [0.717, 1.165) is 5.75 Å². The second-order valence-electron chi connectivity index (χ2n) is 5.73. The summed E-state index contributed by atoms with van der Waals surface area (Å²) in [6, 6.07) is 13.7. The van der Waals surface area contributed by atoms with Crippen molar-refractivity contribution < 1.29 is 14.3 Å². The van der Waals surface area contributed by atoms with E-state index in [9.17, 15) is 4.79 Å². The minimum absolute atomic E-state index is 0.167. The van der Waals surface area contributed by atoms with Crippen molar-refractivity contribution in [3.63, 3.8) is 0 Å². The van der Waals surface area contributed by atoms with Gasteiger partial charge in [-0.25, -0.2) is 0 Å². The number of thiocarbonyl (C=S) groups is 1. The monoisotopic (exact) mass is 475 g/mol. The molecular weight excluding hydrogens is 457 g/mol. The summed E-state index contributed by atoms with van der Waals surface area (Å²) in [5, 5.41) is 8.55. The molecule has 0 aliphatic carbocycles. The summed E-state index contributed by atoms with van der Waals surface area (Å²) in [4.78, 5) is 12.5. The number of methoxy groups -OCH3 is 1. The Morgan fingerprint density at radius 1 is 1.03 bits per heavy atom. The van der Waals surface area contributed by atoms with Gasteiger partial charge in [0.15, 0.2) is 5.11 Å². The van der Waals surface area contributed by atoms with Gasteiger partial charge in [-0.05, 0) is 67.7 Å². The zero-order valence-corrected chi connectivity index (χ0v) is 18.8. The van der Waals surface area contributed by atoms with E-state index in [2.05, 4.69) is 16.0 Å². The summed E-state index contributed by atoms with van der Waals surface area (Å²) < 4.78 is 8.61. The van der Waals surface area contributed by atoms with Crippen LogP contribution in [0.25, 0.3) is 0 Å². The molecule has 0 spiro atoms. The fourth-order valence-corrected chi connectivity index (χ4v) is 2.82. The van der Waals surface area contributed by atoms with Gasteiger partial charge in [0.2, 0.25) is 3.79 Å². The topological polar surface area (TPSA) is 71.6 Å². The smallest absolute Gasteiger partial charge is 0.252 e. The Labute approximate surface area is 189 Å². The highest BCUT2D eigenvalue weighted by molar-refractivity contribution is 7.80. The Kier molecular flexibility index (Phi) is 8.64. The van der Waals surface area contributed by atoms with Crippen LogP contribution in [0.3, 0.4) is 0 Å². The Morgan fingerprint density at radius 3 is 2.14 bits per heavy atom. The van der Waals surface area contributed by atoms with Crippen LogP contribution in [0.4, 0.5) is 5.69 Å². The molecular formula is C19H20Cl3N3O3S. The molecule has 10 heteroatoms. The molecule has 1 amide bonds. The number of benzene rings is 2. The molecule has 2 aromatic carbocycles. The number of nitrogens with one attached hydrogen (secondary N) is 3. The molecule has 29 heavy (non-hydrogen) atoms. The van der Waals surface area contributed by atoms with Gasteiger partial charge in [-0.15, -0.1) is 0 Å². The maximum atomic E-state index is 12.5. The van der Waals surface area contributed by atoms with Gasteiger partial charge in [0.25, 0.3) is 5.91 Å². The fraction of sp³-hybridized carbons (Fsp3) is 0.263. The summed E-state index contributed by atoms with van der Waals surface area (Å²) in [5.74, 6) is 0.918. The van der Waals surface area contributed by atoms with Gasteiger partial charge < -0.3 is 25.4 Å². The molecule has 0 heterocycles. The van der Waals surface area contributed by atoms with Crippen LogP contribution in [0.15, 0.2) is 48.5 Å². The zero-order chi connectivity index (χ0) is 21.4. The molecule has 3 N–H and O–H groups in total. The number of anilines is 1. The molecule has 0 bridgehead atoms. The number of hydrogen-bond acceptors (Lipinski definition) is 4. The minimum atomic E-state index is -1.85. The van der Waals surface area contributed by atoms with E-state index in [-0.39, 0.29) is 5.11 Å². The van der Waals surface area contributed by atoms with E-state index in [1.54, 1.807) is 48.5 Å². The van der Waals surface area contributed by atoms with Crippen molar-refractivity contribution in [1.82, 2.24) is 10.6 Å². The lowest BCUT2D eigenvalue weighted by molar-refractivity contribution is 0.0934. The summed E-state index contributed by atoms with van der Waals surface area (Å²) in [5.41, 5.74) is 1.08. The molecule has 0 aromatic heterocycles. The van der Waals surface area contributed by atoms with Crippen molar-refractivity contribution in [1.29, 1.82) is 0 Å². The quantitative estimate of drug-likeness (QED) is 0.310. The van der Waals surface area contributed by atoms with Crippen LogP contribution in [0.5, 0.6) is 11.5 Å². The van der Waals surface area contributed by atoms with Crippen molar-refractivity contribution in [2.45, 2.75) is 16.9 Å². The molecule has 2 rings (SSSR count). The van der Waals surface area contributed by atoms with Crippen molar-refractivity contribution in [2.75, 3.05) is 19.0 Å². The highest BCUT2D eigenvalue weighted by Gasteiger charge is 2.34. The van der Waals surface area contributed by atoms with Gasteiger partial charge >= 0.3 is 0 Å². The molecule has 0 saturated heterocycles. The number of halogens is 3. The Hall–Kier alpha value is -1.93. The second kappa shape index (κ2) is 10.7. The summed E-state index contributed by atoms with van der Waals surface area (Å²) in [6.45, 7) is 2.48. The van der Waals surface area contributed by atoms with E-state index >= 15 is 0 Å². The van der Waals surface area contributed by atoms with Crippen molar-refractivity contribution in [3.05, 3.63) is 54.1 Å². The van der Waals surface area contributed by atoms with Crippen molar-refractivity contribution in [3.8, 4) is 11.5 Å². The van der Waals surface area contributed by atoms with Crippen LogP contribution in [-0.2, 0) is 0 Å². The average molecular weight is 477 g/mol. The third-order valence-electron chi connectivity index (χ3n) is 3.65. The molecule has 0 saturated carbocycles. The van der Waals surface area contributed by atoms with Crippen molar-refractivity contribution >= 4 is 63.7 Å². The summed E-state index contributed by atoms with van der Waals surface area (Å²) in [6.07, 6.45) is -1.08. The lowest BCUT2D eigenvalue weighted by Crippen LogP contribution is -2.56.